The van der Waals surface area contributed by atoms with Crippen molar-refractivity contribution in [2.45, 2.75) is 38.8 Å². The van der Waals surface area contributed by atoms with Crippen LogP contribution in [0.15, 0.2) is 24.3 Å². The van der Waals surface area contributed by atoms with Gasteiger partial charge in [-0.2, -0.15) is 18.3 Å². The number of aryl methyl sites for hydroxylation is 2. The number of alkyl halides is 3. The van der Waals surface area contributed by atoms with E-state index in [4.69, 9.17) is 0 Å². The molecule has 2 aromatic heterocycles. The number of rotatable bonds is 3. The molecule has 0 unspecified atom stereocenters. The Morgan fingerprint density at radius 2 is 1.89 bits per heavy atom. The predicted octanol–water partition coefficient (Wildman–Crippen LogP) is 4.18. The smallest absolute Gasteiger partial charge is 0.321 e. The number of carbonyl (C=O) groups excluding carboxylic acids is 1. The third-order valence-corrected chi connectivity index (χ3v) is 5.48. The number of anilines is 1. The minimum absolute atomic E-state index is 0.296. The molecule has 0 saturated heterocycles. The highest BCUT2D eigenvalue weighted by molar-refractivity contribution is 7.08. The Kier molecular flexibility index (Phi) is 4.66. The van der Waals surface area contributed by atoms with E-state index in [1.165, 1.54) is 12.1 Å². The number of halogens is 3. The lowest BCUT2D eigenvalue weighted by Crippen LogP contribution is -2.16. The summed E-state index contributed by atoms with van der Waals surface area (Å²) in [5.74, 6) is -0.356. The summed E-state index contributed by atoms with van der Waals surface area (Å²) in [6.45, 7) is 1.68. The first-order valence-corrected chi connectivity index (χ1v) is 9.50. The number of nitrogens with zero attached hydrogens (tertiary/aromatic N) is 4. The minimum atomic E-state index is -4.48. The van der Waals surface area contributed by atoms with Gasteiger partial charge in [-0.1, -0.05) is 4.49 Å². The Labute approximate surface area is 162 Å². The van der Waals surface area contributed by atoms with E-state index >= 15 is 0 Å². The standard InChI is InChI=1S/C18H16F3N5OS/c1-10-15(28-25-23-10)17(27)22-11-6-8-12(9-7-11)26-16(18(19,20)21)13-4-2-3-5-14(13)24-26/h6-9H,2-5H2,1H3,(H,22,27). The highest BCUT2D eigenvalue weighted by atomic mass is 32.1. The van der Waals surface area contributed by atoms with Gasteiger partial charge in [0.1, 0.15) is 4.88 Å². The Morgan fingerprint density at radius 1 is 1.18 bits per heavy atom. The Balaban J connectivity index is 1.64. The summed E-state index contributed by atoms with van der Waals surface area (Å²) >= 11 is 0.985. The molecule has 1 aliphatic rings. The second-order valence-corrected chi connectivity index (χ2v) is 7.33. The fourth-order valence-electron chi connectivity index (χ4n) is 3.34. The average molecular weight is 407 g/mol. The molecule has 1 N–H and O–H groups in total. The van der Waals surface area contributed by atoms with Gasteiger partial charge >= 0.3 is 6.18 Å². The van der Waals surface area contributed by atoms with Crippen molar-refractivity contribution in [1.29, 1.82) is 0 Å². The van der Waals surface area contributed by atoms with E-state index in [0.29, 0.717) is 46.0 Å². The van der Waals surface area contributed by atoms with Crippen LogP contribution >= 0.6 is 11.5 Å². The van der Waals surface area contributed by atoms with E-state index in [2.05, 4.69) is 20.0 Å². The molecule has 0 atom stereocenters. The van der Waals surface area contributed by atoms with Gasteiger partial charge in [0.25, 0.3) is 5.91 Å². The number of carbonyl (C=O) groups is 1. The molecular formula is C18H16F3N5OS. The largest absolute Gasteiger partial charge is 0.433 e. The Morgan fingerprint density at radius 3 is 2.54 bits per heavy atom. The summed E-state index contributed by atoms with van der Waals surface area (Å²) in [4.78, 5) is 12.6. The number of fused-ring (bicyclic) bond motifs is 1. The van der Waals surface area contributed by atoms with Gasteiger partial charge in [0, 0.05) is 11.3 Å². The first kappa shape index (κ1) is 18.6. The van der Waals surface area contributed by atoms with Gasteiger partial charge in [-0.3, -0.25) is 4.79 Å². The van der Waals surface area contributed by atoms with Gasteiger partial charge in [-0.05, 0) is 68.4 Å². The van der Waals surface area contributed by atoms with Crippen LogP contribution in [-0.2, 0) is 19.0 Å². The summed E-state index contributed by atoms with van der Waals surface area (Å²) in [5.41, 5.74) is 1.40. The van der Waals surface area contributed by atoms with Crippen LogP contribution in [0.3, 0.4) is 0 Å². The first-order valence-electron chi connectivity index (χ1n) is 8.73. The summed E-state index contributed by atoms with van der Waals surface area (Å²) < 4.78 is 45.7. The zero-order valence-electron chi connectivity index (χ0n) is 14.9. The molecule has 0 spiro atoms. The van der Waals surface area contributed by atoms with E-state index in [0.717, 1.165) is 29.1 Å². The van der Waals surface area contributed by atoms with E-state index in [9.17, 15) is 18.0 Å². The fraction of sp³-hybridized carbons (Fsp3) is 0.333. The Hall–Kier alpha value is -2.75. The maximum Gasteiger partial charge on any atom is 0.433 e. The van der Waals surface area contributed by atoms with Crippen LogP contribution in [0.2, 0.25) is 0 Å². The molecule has 10 heteroatoms. The molecule has 0 radical (unpaired) electrons. The quantitative estimate of drug-likeness (QED) is 0.707. The molecule has 3 aromatic rings. The zero-order valence-corrected chi connectivity index (χ0v) is 15.7. The van der Waals surface area contributed by atoms with Crippen LogP contribution < -0.4 is 5.32 Å². The lowest BCUT2D eigenvalue weighted by Gasteiger charge is -2.14. The molecule has 0 fully saturated rings. The Bertz CT molecular complexity index is 1020. The monoisotopic (exact) mass is 407 g/mol. The zero-order chi connectivity index (χ0) is 19.9. The van der Waals surface area contributed by atoms with E-state index in [1.54, 1.807) is 19.1 Å². The number of amides is 1. The van der Waals surface area contributed by atoms with Crippen LogP contribution in [-0.4, -0.2) is 25.3 Å². The van der Waals surface area contributed by atoms with Crippen molar-refractivity contribution >= 4 is 23.1 Å². The second-order valence-electron chi connectivity index (χ2n) is 6.58. The number of hydrogen-bond donors (Lipinski definition) is 1. The van der Waals surface area contributed by atoms with Gasteiger partial charge in [0.05, 0.1) is 17.1 Å². The molecule has 0 bridgehead atoms. The molecule has 2 heterocycles. The average Bonchev–Trinajstić information content (AvgIpc) is 3.25. The molecule has 1 aliphatic carbocycles. The molecule has 6 nitrogen and oxygen atoms in total. The fourth-order valence-corrected chi connectivity index (χ4v) is 3.90. The SMILES string of the molecule is Cc1nnsc1C(=O)Nc1ccc(-n2nc3c(c2C(F)(F)F)CCCC3)cc1. The topological polar surface area (TPSA) is 72.7 Å². The molecule has 28 heavy (non-hydrogen) atoms. The summed E-state index contributed by atoms with van der Waals surface area (Å²) in [6.07, 6.45) is -1.96. The van der Waals surface area contributed by atoms with Gasteiger partial charge in [0.2, 0.25) is 0 Å². The number of nitrogens with one attached hydrogen (secondary N) is 1. The van der Waals surface area contributed by atoms with Gasteiger partial charge in [0.15, 0.2) is 5.69 Å². The van der Waals surface area contributed by atoms with Crippen molar-refractivity contribution < 1.29 is 18.0 Å². The highest BCUT2D eigenvalue weighted by Crippen LogP contribution is 2.38. The van der Waals surface area contributed by atoms with Crippen LogP contribution in [0.5, 0.6) is 0 Å². The molecule has 1 aromatic carbocycles. The van der Waals surface area contributed by atoms with Gasteiger partial charge in [-0.25, -0.2) is 4.68 Å². The van der Waals surface area contributed by atoms with Crippen molar-refractivity contribution in [1.82, 2.24) is 19.4 Å². The molecule has 1 amide bonds. The number of aromatic nitrogens is 4. The molecule has 146 valence electrons. The van der Waals surface area contributed by atoms with Gasteiger partial charge < -0.3 is 5.32 Å². The molecule has 0 saturated carbocycles. The van der Waals surface area contributed by atoms with Crippen molar-refractivity contribution in [3.05, 3.63) is 51.8 Å². The number of benzene rings is 1. The maximum absolute atomic E-state index is 13.7. The van der Waals surface area contributed by atoms with Crippen molar-refractivity contribution in [3.63, 3.8) is 0 Å². The third kappa shape index (κ3) is 3.39. The lowest BCUT2D eigenvalue weighted by molar-refractivity contribution is -0.143. The van der Waals surface area contributed by atoms with E-state index < -0.39 is 11.9 Å². The molecule has 4 rings (SSSR count). The van der Waals surface area contributed by atoms with E-state index in [-0.39, 0.29) is 5.91 Å². The van der Waals surface area contributed by atoms with E-state index in [1.807, 2.05) is 0 Å². The highest BCUT2D eigenvalue weighted by Gasteiger charge is 2.40. The summed E-state index contributed by atoms with van der Waals surface area (Å²) in [5, 5.41) is 10.7. The second kappa shape index (κ2) is 7.01. The normalized spacial score (nSPS) is 14.0. The van der Waals surface area contributed by atoms with Crippen molar-refractivity contribution in [2.24, 2.45) is 0 Å². The first-order chi connectivity index (χ1) is 13.3. The predicted molar refractivity (Wildman–Crippen MR) is 97.8 cm³/mol. The van der Waals surface area contributed by atoms with Crippen LogP contribution in [0.4, 0.5) is 18.9 Å². The van der Waals surface area contributed by atoms with Crippen LogP contribution in [0.1, 0.15) is 45.2 Å². The number of hydrogen-bond acceptors (Lipinski definition) is 5. The van der Waals surface area contributed by atoms with Crippen molar-refractivity contribution in [3.8, 4) is 5.69 Å². The third-order valence-electron chi connectivity index (χ3n) is 4.65. The molecular weight excluding hydrogens is 391 g/mol. The van der Waals surface area contributed by atoms with Gasteiger partial charge in [-0.15, -0.1) is 5.10 Å². The lowest BCUT2D eigenvalue weighted by atomic mass is 9.96. The minimum Gasteiger partial charge on any atom is -0.321 e. The summed E-state index contributed by atoms with van der Waals surface area (Å²) in [6, 6.07) is 6.14. The molecule has 0 aliphatic heterocycles. The van der Waals surface area contributed by atoms with Crippen LogP contribution in [0.25, 0.3) is 5.69 Å². The maximum atomic E-state index is 13.7. The summed E-state index contributed by atoms with van der Waals surface area (Å²) in [7, 11) is 0. The van der Waals surface area contributed by atoms with Crippen molar-refractivity contribution in [2.75, 3.05) is 5.32 Å². The van der Waals surface area contributed by atoms with Crippen LogP contribution in [0, 0.1) is 6.92 Å².